The molecule has 1 saturated carbocycles. The van der Waals surface area contributed by atoms with E-state index in [2.05, 4.69) is 4.90 Å². The first-order chi connectivity index (χ1) is 12.1. The number of fused-ring (bicyclic) bond motifs is 1. The molecule has 4 rings (SSSR count). The summed E-state index contributed by atoms with van der Waals surface area (Å²) in [7, 11) is 0. The Morgan fingerprint density at radius 3 is 2.20 bits per heavy atom. The molecule has 3 heteroatoms. The average Bonchev–Trinajstić information content (AvgIpc) is 3.09. The van der Waals surface area contributed by atoms with E-state index in [1.165, 1.54) is 5.56 Å². The maximum atomic E-state index is 15.3. The summed E-state index contributed by atoms with van der Waals surface area (Å²) in [4.78, 5) is 2.49. The van der Waals surface area contributed by atoms with E-state index in [1.807, 2.05) is 42.5 Å². The van der Waals surface area contributed by atoms with E-state index in [1.54, 1.807) is 12.1 Å². The Morgan fingerprint density at radius 1 is 0.920 bits per heavy atom. The molecular formula is C22H26FNO. The third-order valence-corrected chi connectivity index (χ3v) is 5.92. The van der Waals surface area contributed by atoms with Crippen molar-refractivity contribution in [2.75, 3.05) is 19.6 Å². The van der Waals surface area contributed by atoms with Gasteiger partial charge in [-0.15, -0.1) is 0 Å². The lowest BCUT2D eigenvalue weighted by atomic mass is 9.93. The number of rotatable bonds is 5. The summed E-state index contributed by atoms with van der Waals surface area (Å²) < 4.78 is 15.3. The molecule has 0 bridgehead atoms. The van der Waals surface area contributed by atoms with Crippen molar-refractivity contribution >= 4 is 0 Å². The van der Waals surface area contributed by atoms with Crippen LogP contribution in [0.4, 0.5) is 4.39 Å². The molecule has 2 aromatic carbocycles. The van der Waals surface area contributed by atoms with Gasteiger partial charge in [0.15, 0.2) is 0 Å². The van der Waals surface area contributed by atoms with Crippen molar-refractivity contribution in [3.63, 3.8) is 0 Å². The van der Waals surface area contributed by atoms with Crippen molar-refractivity contribution in [3.05, 3.63) is 65.7 Å². The second-order valence-electron chi connectivity index (χ2n) is 7.92. The van der Waals surface area contributed by atoms with E-state index in [-0.39, 0.29) is 0 Å². The molecule has 1 saturated heterocycles. The lowest BCUT2D eigenvalue weighted by molar-refractivity contribution is 0.147. The Hall–Kier alpha value is -1.87. The van der Waals surface area contributed by atoms with Gasteiger partial charge < -0.3 is 10.0 Å². The summed E-state index contributed by atoms with van der Waals surface area (Å²) in [5.41, 5.74) is 1.35. The van der Waals surface area contributed by atoms with Crippen molar-refractivity contribution in [1.29, 1.82) is 0 Å². The fourth-order valence-electron chi connectivity index (χ4n) is 4.76. The zero-order chi connectivity index (χ0) is 17.3. The normalized spacial score (nSPS) is 29.0. The Bertz CT molecular complexity index is 686. The van der Waals surface area contributed by atoms with Crippen LogP contribution in [-0.4, -0.2) is 35.3 Å². The van der Waals surface area contributed by atoms with Gasteiger partial charge in [-0.25, -0.2) is 4.39 Å². The molecule has 2 nitrogen and oxygen atoms in total. The SMILES string of the molecule is Oc1ccc(CCN2C[C@@H]3CC(F)(Cc4ccccc4)C[C@@H]3C2)cc1. The highest BCUT2D eigenvalue weighted by Gasteiger charge is 2.49. The van der Waals surface area contributed by atoms with Gasteiger partial charge in [0.1, 0.15) is 11.4 Å². The van der Waals surface area contributed by atoms with E-state index in [0.29, 0.717) is 36.8 Å². The smallest absolute Gasteiger partial charge is 0.115 e. The van der Waals surface area contributed by atoms with Gasteiger partial charge in [-0.2, -0.15) is 0 Å². The summed E-state index contributed by atoms with van der Waals surface area (Å²) in [5, 5.41) is 9.35. The lowest BCUT2D eigenvalue weighted by Crippen LogP contribution is -2.29. The minimum atomic E-state index is -1.01. The quantitative estimate of drug-likeness (QED) is 0.881. The van der Waals surface area contributed by atoms with Crippen LogP contribution < -0.4 is 0 Å². The number of aromatic hydroxyl groups is 1. The Labute approximate surface area is 149 Å². The maximum absolute atomic E-state index is 15.3. The Kier molecular flexibility index (Phi) is 4.51. The lowest BCUT2D eigenvalue weighted by Gasteiger charge is -2.24. The van der Waals surface area contributed by atoms with Gasteiger partial charge in [-0.05, 0) is 54.4 Å². The largest absolute Gasteiger partial charge is 0.508 e. The molecular weight excluding hydrogens is 313 g/mol. The predicted molar refractivity (Wildman–Crippen MR) is 98.4 cm³/mol. The van der Waals surface area contributed by atoms with E-state index in [4.69, 9.17) is 0 Å². The first-order valence-electron chi connectivity index (χ1n) is 9.33. The average molecular weight is 339 g/mol. The van der Waals surface area contributed by atoms with Crippen molar-refractivity contribution < 1.29 is 9.50 Å². The highest BCUT2D eigenvalue weighted by atomic mass is 19.1. The van der Waals surface area contributed by atoms with Crippen molar-refractivity contribution in [2.45, 2.75) is 31.4 Å². The number of benzene rings is 2. The van der Waals surface area contributed by atoms with Crippen LogP contribution in [0, 0.1) is 11.8 Å². The zero-order valence-corrected chi connectivity index (χ0v) is 14.6. The van der Waals surface area contributed by atoms with E-state index in [9.17, 15) is 5.11 Å². The van der Waals surface area contributed by atoms with Crippen LogP contribution in [0.25, 0.3) is 0 Å². The molecule has 0 amide bonds. The van der Waals surface area contributed by atoms with E-state index < -0.39 is 5.67 Å². The summed E-state index contributed by atoms with van der Waals surface area (Å²) in [6, 6.07) is 17.5. The fraction of sp³-hybridized carbons (Fsp3) is 0.455. The zero-order valence-electron chi connectivity index (χ0n) is 14.6. The molecule has 0 spiro atoms. The Balaban J connectivity index is 1.29. The number of nitrogens with zero attached hydrogens (tertiary/aromatic N) is 1. The number of phenolic OH excluding ortho intramolecular Hbond substituents is 1. The second-order valence-corrected chi connectivity index (χ2v) is 7.92. The van der Waals surface area contributed by atoms with Gasteiger partial charge in [0.2, 0.25) is 0 Å². The van der Waals surface area contributed by atoms with Gasteiger partial charge in [0.05, 0.1) is 0 Å². The number of likely N-dealkylation sites (tertiary alicyclic amines) is 1. The third-order valence-electron chi connectivity index (χ3n) is 5.92. The van der Waals surface area contributed by atoms with Crippen LogP contribution in [0.2, 0.25) is 0 Å². The predicted octanol–water partition coefficient (Wildman–Crippen LogP) is 4.23. The molecule has 1 unspecified atom stereocenters. The van der Waals surface area contributed by atoms with E-state index >= 15 is 4.39 Å². The van der Waals surface area contributed by atoms with Crippen LogP contribution in [0.3, 0.4) is 0 Å². The van der Waals surface area contributed by atoms with Gasteiger partial charge in [-0.3, -0.25) is 0 Å². The van der Waals surface area contributed by atoms with Gasteiger partial charge >= 0.3 is 0 Å². The topological polar surface area (TPSA) is 23.5 Å². The van der Waals surface area contributed by atoms with E-state index in [0.717, 1.165) is 31.6 Å². The molecule has 1 aliphatic carbocycles. The van der Waals surface area contributed by atoms with Crippen molar-refractivity contribution in [2.24, 2.45) is 11.8 Å². The molecule has 1 aliphatic heterocycles. The molecule has 0 aromatic heterocycles. The number of halogens is 1. The summed E-state index contributed by atoms with van der Waals surface area (Å²) in [5.74, 6) is 1.33. The summed E-state index contributed by atoms with van der Waals surface area (Å²) in [6.07, 6.45) is 2.98. The monoisotopic (exact) mass is 339 g/mol. The number of hydrogen-bond donors (Lipinski definition) is 1. The molecule has 25 heavy (non-hydrogen) atoms. The summed E-state index contributed by atoms with van der Waals surface area (Å²) in [6.45, 7) is 3.09. The maximum Gasteiger partial charge on any atom is 0.115 e. The number of alkyl halides is 1. The summed E-state index contributed by atoms with van der Waals surface area (Å²) >= 11 is 0. The molecule has 132 valence electrons. The molecule has 1 heterocycles. The molecule has 3 atom stereocenters. The molecule has 2 aromatic rings. The third kappa shape index (κ3) is 3.87. The van der Waals surface area contributed by atoms with Crippen molar-refractivity contribution in [3.8, 4) is 5.75 Å². The van der Waals surface area contributed by atoms with Crippen LogP contribution >= 0.6 is 0 Å². The Morgan fingerprint density at radius 2 is 1.56 bits per heavy atom. The molecule has 1 N–H and O–H groups in total. The second kappa shape index (κ2) is 6.80. The number of hydrogen-bond acceptors (Lipinski definition) is 2. The van der Waals surface area contributed by atoms with Gasteiger partial charge in [0.25, 0.3) is 0 Å². The van der Waals surface area contributed by atoms with Gasteiger partial charge in [0, 0.05) is 26.1 Å². The van der Waals surface area contributed by atoms with Crippen LogP contribution in [0.15, 0.2) is 54.6 Å². The highest BCUT2D eigenvalue weighted by Crippen LogP contribution is 2.47. The molecule has 0 radical (unpaired) electrons. The highest BCUT2D eigenvalue weighted by molar-refractivity contribution is 5.26. The minimum Gasteiger partial charge on any atom is -0.508 e. The van der Waals surface area contributed by atoms with Crippen LogP contribution in [-0.2, 0) is 12.8 Å². The van der Waals surface area contributed by atoms with Crippen LogP contribution in [0.1, 0.15) is 24.0 Å². The fourth-order valence-corrected chi connectivity index (χ4v) is 4.76. The molecule has 2 fully saturated rings. The molecule has 2 aliphatic rings. The number of phenols is 1. The first-order valence-corrected chi connectivity index (χ1v) is 9.33. The van der Waals surface area contributed by atoms with Crippen LogP contribution in [0.5, 0.6) is 5.75 Å². The van der Waals surface area contributed by atoms with Gasteiger partial charge in [-0.1, -0.05) is 42.5 Å². The minimum absolute atomic E-state index is 0.317. The van der Waals surface area contributed by atoms with Crippen molar-refractivity contribution in [1.82, 2.24) is 4.90 Å². The first kappa shape index (κ1) is 16.6. The standard InChI is InChI=1S/C22H26FNO/c23-22(12-18-4-2-1-3-5-18)13-19-15-24(16-20(19)14-22)11-10-17-6-8-21(25)9-7-17/h1-9,19-20,25H,10-16H2/t19-,20+,22?.